The first-order chi connectivity index (χ1) is 7.33. The molecule has 0 amide bonds. The second-order valence-electron chi connectivity index (χ2n) is 3.94. The van der Waals surface area contributed by atoms with Gasteiger partial charge in [-0.15, -0.1) is 0 Å². The minimum atomic E-state index is 0.659. The van der Waals surface area contributed by atoms with E-state index < -0.39 is 0 Å². The molecule has 0 N–H and O–H groups in total. The van der Waals surface area contributed by atoms with Crippen molar-refractivity contribution in [2.45, 2.75) is 26.2 Å². The summed E-state index contributed by atoms with van der Waals surface area (Å²) in [6.07, 6.45) is 10.1. The number of hydrogen-bond acceptors (Lipinski definition) is 0. The third-order valence-electron chi connectivity index (χ3n) is 2.44. The molecular weight excluding hydrogens is 180 g/mol. The molecule has 0 aromatic heterocycles. The van der Waals surface area contributed by atoms with Crippen molar-refractivity contribution in [2.24, 2.45) is 5.92 Å². The number of hydrogen-bond donors (Lipinski definition) is 0. The minimum absolute atomic E-state index is 0.659. The molecule has 0 bridgehead atoms. The van der Waals surface area contributed by atoms with E-state index in [-0.39, 0.29) is 0 Å². The molecule has 0 aliphatic rings. The fraction of sp³-hybridized carbons (Fsp3) is 0.333. The van der Waals surface area contributed by atoms with Gasteiger partial charge in [-0.1, -0.05) is 75.6 Å². The smallest absolute Gasteiger partial charge is 0.0139 e. The van der Waals surface area contributed by atoms with Crippen LogP contribution in [-0.2, 0) is 0 Å². The lowest BCUT2D eigenvalue weighted by atomic mass is 10.0. The zero-order valence-corrected chi connectivity index (χ0v) is 9.52. The van der Waals surface area contributed by atoms with E-state index in [1.807, 2.05) is 6.07 Å². The van der Waals surface area contributed by atoms with Crippen molar-refractivity contribution in [1.29, 1.82) is 0 Å². The van der Waals surface area contributed by atoms with E-state index in [9.17, 15) is 0 Å². The summed E-state index contributed by atoms with van der Waals surface area (Å²) in [4.78, 5) is 0. The lowest BCUT2D eigenvalue weighted by Gasteiger charge is -2.05. The first-order valence-corrected chi connectivity index (χ1v) is 5.68. The van der Waals surface area contributed by atoms with Crippen LogP contribution >= 0.6 is 0 Å². The topological polar surface area (TPSA) is 0 Å². The molecular formula is C15H20. The highest BCUT2D eigenvalue weighted by Crippen LogP contribution is 2.12. The molecule has 0 heteroatoms. The van der Waals surface area contributed by atoms with Crippen LogP contribution in [0.5, 0.6) is 0 Å². The number of benzene rings is 1. The van der Waals surface area contributed by atoms with E-state index >= 15 is 0 Å². The summed E-state index contributed by atoms with van der Waals surface area (Å²) in [5.41, 5.74) is 1.26. The van der Waals surface area contributed by atoms with Crippen LogP contribution < -0.4 is 0 Å². The molecule has 0 saturated heterocycles. The first-order valence-electron chi connectivity index (χ1n) is 5.68. The van der Waals surface area contributed by atoms with Crippen LogP contribution in [0.2, 0.25) is 0 Å². The Morgan fingerprint density at radius 3 is 2.67 bits per heavy atom. The SMILES string of the molecule is [CH2]CCCC(C)[CH]C=Cc1ccccc1. The van der Waals surface area contributed by atoms with Crippen LogP contribution in [0.4, 0.5) is 0 Å². The molecule has 0 spiro atoms. The summed E-state index contributed by atoms with van der Waals surface area (Å²) >= 11 is 0. The monoisotopic (exact) mass is 200 g/mol. The standard InChI is InChI=1S/C15H20/c1-3-4-9-14(2)10-8-13-15-11-6-5-7-12-15/h5-8,10-14H,1,3-4,9H2,2H3. The number of rotatable bonds is 6. The molecule has 0 fully saturated rings. The Hall–Kier alpha value is -1.04. The van der Waals surface area contributed by atoms with E-state index in [0.717, 1.165) is 6.42 Å². The lowest BCUT2D eigenvalue weighted by molar-refractivity contribution is 0.588. The largest absolute Gasteiger partial charge is 0.0800 e. The molecule has 0 nitrogen and oxygen atoms in total. The van der Waals surface area contributed by atoms with Crippen LogP contribution in [-0.4, -0.2) is 0 Å². The maximum absolute atomic E-state index is 3.85. The van der Waals surface area contributed by atoms with Gasteiger partial charge in [0, 0.05) is 0 Å². The Bertz CT molecular complexity index is 271. The fourth-order valence-corrected chi connectivity index (χ4v) is 1.48. The maximum atomic E-state index is 3.85. The predicted octanol–water partition coefficient (Wildman–Crippen LogP) is 4.54. The predicted molar refractivity (Wildman–Crippen MR) is 68.1 cm³/mol. The van der Waals surface area contributed by atoms with Gasteiger partial charge in [0.25, 0.3) is 0 Å². The van der Waals surface area contributed by atoms with Crippen LogP contribution in [0.1, 0.15) is 31.7 Å². The fourth-order valence-electron chi connectivity index (χ4n) is 1.48. The van der Waals surface area contributed by atoms with Crippen molar-refractivity contribution >= 4 is 6.08 Å². The number of unbranched alkanes of at least 4 members (excludes halogenated alkanes) is 1. The molecule has 80 valence electrons. The van der Waals surface area contributed by atoms with Gasteiger partial charge >= 0.3 is 0 Å². The summed E-state index contributed by atoms with van der Waals surface area (Å²) in [7, 11) is 0. The molecule has 0 aliphatic carbocycles. The molecule has 1 atom stereocenters. The van der Waals surface area contributed by atoms with Gasteiger partial charge in [0.05, 0.1) is 0 Å². The molecule has 1 rings (SSSR count). The third-order valence-corrected chi connectivity index (χ3v) is 2.44. The summed E-state index contributed by atoms with van der Waals surface area (Å²) in [5, 5.41) is 0. The Kier molecular flexibility index (Phi) is 5.84. The molecule has 1 aromatic carbocycles. The Labute approximate surface area is 94.0 Å². The van der Waals surface area contributed by atoms with Crippen LogP contribution in [0.25, 0.3) is 6.08 Å². The lowest BCUT2D eigenvalue weighted by Crippen LogP contribution is -1.92. The van der Waals surface area contributed by atoms with Crippen molar-refractivity contribution in [3.05, 3.63) is 55.3 Å². The van der Waals surface area contributed by atoms with Gasteiger partial charge in [-0.3, -0.25) is 0 Å². The number of allylic oxidation sites excluding steroid dienone is 1. The summed E-state index contributed by atoms with van der Waals surface area (Å²) in [5.74, 6) is 0.659. The second kappa shape index (κ2) is 7.28. The van der Waals surface area contributed by atoms with E-state index in [1.54, 1.807) is 0 Å². The molecule has 15 heavy (non-hydrogen) atoms. The van der Waals surface area contributed by atoms with Gasteiger partial charge in [0.2, 0.25) is 0 Å². The summed E-state index contributed by atoms with van der Waals surface area (Å²) in [6, 6.07) is 10.4. The Morgan fingerprint density at radius 1 is 1.27 bits per heavy atom. The van der Waals surface area contributed by atoms with Gasteiger partial charge in [-0.25, -0.2) is 0 Å². The van der Waals surface area contributed by atoms with E-state index in [1.165, 1.54) is 18.4 Å². The Balaban J connectivity index is 2.27. The maximum Gasteiger partial charge on any atom is -0.0139 e. The highest BCUT2D eigenvalue weighted by Gasteiger charge is 1.97. The molecule has 0 aliphatic heterocycles. The molecule has 1 unspecified atom stereocenters. The van der Waals surface area contributed by atoms with E-state index in [0.29, 0.717) is 5.92 Å². The van der Waals surface area contributed by atoms with Crippen LogP contribution in [0, 0.1) is 19.3 Å². The third kappa shape index (κ3) is 5.41. The van der Waals surface area contributed by atoms with Crippen LogP contribution in [0.15, 0.2) is 36.4 Å². The first kappa shape index (κ1) is 12.0. The molecule has 0 saturated carbocycles. The van der Waals surface area contributed by atoms with Crippen LogP contribution in [0.3, 0.4) is 0 Å². The van der Waals surface area contributed by atoms with Gasteiger partial charge < -0.3 is 0 Å². The second-order valence-corrected chi connectivity index (χ2v) is 3.94. The van der Waals surface area contributed by atoms with Crippen molar-refractivity contribution in [3.8, 4) is 0 Å². The molecule has 2 radical (unpaired) electrons. The van der Waals surface area contributed by atoms with Gasteiger partial charge in [-0.05, 0) is 17.9 Å². The van der Waals surface area contributed by atoms with Crippen molar-refractivity contribution in [2.75, 3.05) is 0 Å². The Morgan fingerprint density at radius 2 is 2.00 bits per heavy atom. The van der Waals surface area contributed by atoms with Crippen molar-refractivity contribution in [1.82, 2.24) is 0 Å². The normalized spacial score (nSPS) is 13.2. The summed E-state index contributed by atoms with van der Waals surface area (Å²) in [6.45, 7) is 6.11. The van der Waals surface area contributed by atoms with Gasteiger partial charge in [-0.2, -0.15) is 0 Å². The average molecular weight is 200 g/mol. The zero-order valence-electron chi connectivity index (χ0n) is 9.52. The van der Waals surface area contributed by atoms with Gasteiger partial charge in [0.15, 0.2) is 0 Å². The quantitative estimate of drug-likeness (QED) is 0.632. The van der Waals surface area contributed by atoms with Crippen molar-refractivity contribution in [3.63, 3.8) is 0 Å². The van der Waals surface area contributed by atoms with Gasteiger partial charge in [0.1, 0.15) is 0 Å². The van der Waals surface area contributed by atoms with E-state index in [2.05, 4.69) is 56.7 Å². The molecule has 1 aromatic rings. The van der Waals surface area contributed by atoms with E-state index in [4.69, 9.17) is 0 Å². The van der Waals surface area contributed by atoms with Crippen molar-refractivity contribution < 1.29 is 0 Å². The average Bonchev–Trinajstić information content (AvgIpc) is 2.28. The zero-order chi connectivity index (χ0) is 10.9. The molecule has 0 heterocycles. The summed E-state index contributed by atoms with van der Waals surface area (Å²) < 4.78 is 0. The highest BCUT2D eigenvalue weighted by atomic mass is 14.0. The highest BCUT2D eigenvalue weighted by molar-refractivity contribution is 5.49. The minimum Gasteiger partial charge on any atom is -0.0800 e.